The van der Waals surface area contributed by atoms with Crippen LogP contribution in [0.2, 0.25) is 0 Å². The summed E-state index contributed by atoms with van der Waals surface area (Å²) < 4.78 is 1.05. The molecule has 5 heteroatoms. The molecule has 0 radical (unpaired) electrons. The lowest BCUT2D eigenvalue weighted by molar-refractivity contribution is 0.0941. The fourth-order valence-electron chi connectivity index (χ4n) is 2.34. The molecule has 1 fully saturated rings. The molecule has 1 atom stereocenters. The Balaban J connectivity index is 1.84. The van der Waals surface area contributed by atoms with E-state index in [1.807, 2.05) is 13.0 Å². The fourth-order valence-corrected chi connectivity index (χ4v) is 3.79. The maximum atomic E-state index is 12.0. The molecule has 3 nitrogen and oxygen atoms in total. The SMILES string of the molecule is Cc1cc(C(=O)NCC2CCCN(C)C2)sc1Br. The molecule has 0 aliphatic carbocycles. The van der Waals surface area contributed by atoms with E-state index >= 15 is 0 Å². The van der Waals surface area contributed by atoms with Crippen LogP contribution in [0.15, 0.2) is 9.85 Å². The number of nitrogens with one attached hydrogen (secondary N) is 1. The molecular weight excluding hydrogens is 312 g/mol. The van der Waals surface area contributed by atoms with Gasteiger partial charge in [-0.2, -0.15) is 0 Å². The van der Waals surface area contributed by atoms with Crippen LogP contribution in [0.25, 0.3) is 0 Å². The molecule has 2 heterocycles. The lowest BCUT2D eigenvalue weighted by Crippen LogP contribution is -2.38. The van der Waals surface area contributed by atoms with Crippen molar-refractivity contribution in [3.05, 3.63) is 20.3 Å². The Kier molecular flexibility index (Phi) is 4.81. The Labute approximate surface area is 121 Å². The van der Waals surface area contributed by atoms with Gasteiger partial charge >= 0.3 is 0 Å². The van der Waals surface area contributed by atoms with Crippen molar-refractivity contribution in [2.45, 2.75) is 19.8 Å². The minimum absolute atomic E-state index is 0.0574. The molecule has 1 aromatic heterocycles. The van der Waals surface area contributed by atoms with Crippen molar-refractivity contribution < 1.29 is 4.79 Å². The number of rotatable bonds is 3. The number of thiophene rings is 1. The molecule has 1 saturated heterocycles. The first kappa shape index (κ1) is 14.0. The monoisotopic (exact) mass is 330 g/mol. The Morgan fingerprint density at radius 2 is 2.44 bits per heavy atom. The highest BCUT2D eigenvalue weighted by molar-refractivity contribution is 9.11. The number of amides is 1. The first-order valence-corrected chi connectivity index (χ1v) is 7.90. The minimum atomic E-state index is 0.0574. The predicted molar refractivity (Wildman–Crippen MR) is 79.3 cm³/mol. The molecule has 0 spiro atoms. The van der Waals surface area contributed by atoms with Gasteiger partial charge < -0.3 is 10.2 Å². The van der Waals surface area contributed by atoms with Gasteiger partial charge in [-0.25, -0.2) is 0 Å². The van der Waals surface area contributed by atoms with Crippen LogP contribution in [0.3, 0.4) is 0 Å². The molecule has 1 unspecified atom stereocenters. The number of piperidine rings is 1. The largest absolute Gasteiger partial charge is 0.351 e. The molecule has 1 aromatic rings. The predicted octanol–water partition coefficient (Wildman–Crippen LogP) is 2.89. The molecule has 18 heavy (non-hydrogen) atoms. The van der Waals surface area contributed by atoms with Crippen molar-refractivity contribution in [3.8, 4) is 0 Å². The van der Waals surface area contributed by atoms with Gasteiger partial charge in [0.2, 0.25) is 0 Å². The molecule has 100 valence electrons. The van der Waals surface area contributed by atoms with E-state index in [1.54, 1.807) is 0 Å². The summed E-state index contributed by atoms with van der Waals surface area (Å²) in [5.41, 5.74) is 1.13. The van der Waals surface area contributed by atoms with Crippen LogP contribution >= 0.6 is 27.3 Å². The highest BCUT2D eigenvalue weighted by Gasteiger charge is 2.18. The summed E-state index contributed by atoms with van der Waals surface area (Å²) >= 11 is 4.96. The van der Waals surface area contributed by atoms with E-state index in [9.17, 15) is 4.79 Å². The molecule has 1 amide bonds. The third kappa shape index (κ3) is 3.56. The second-order valence-electron chi connectivity index (χ2n) is 5.05. The third-order valence-electron chi connectivity index (χ3n) is 3.35. The van der Waals surface area contributed by atoms with E-state index in [2.05, 4.69) is 33.2 Å². The number of halogens is 1. The lowest BCUT2D eigenvalue weighted by Gasteiger charge is -2.29. The molecule has 0 bridgehead atoms. The topological polar surface area (TPSA) is 32.3 Å². The number of aryl methyl sites for hydroxylation is 1. The fraction of sp³-hybridized carbons (Fsp3) is 0.615. The van der Waals surface area contributed by atoms with Gasteiger partial charge in [-0.05, 0) is 66.8 Å². The van der Waals surface area contributed by atoms with E-state index < -0.39 is 0 Å². The van der Waals surface area contributed by atoms with Gasteiger partial charge in [-0.15, -0.1) is 11.3 Å². The van der Waals surface area contributed by atoms with Crippen LogP contribution in [0.5, 0.6) is 0 Å². The van der Waals surface area contributed by atoms with Crippen LogP contribution in [0.4, 0.5) is 0 Å². The molecule has 1 aliphatic rings. The zero-order valence-corrected chi connectivity index (χ0v) is 13.2. The summed E-state index contributed by atoms with van der Waals surface area (Å²) in [7, 11) is 2.15. The Bertz CT molecular complexity index is 413. The van der Waals surface area contributed by atoms with Gasteiger partial charge in [0.05, 0.1) is 8.66 Å². The standard InChI is InChI=1S/C13H19BrN2OS/c1-9-6-11(18-12(9)14)13(17)15-7-10-4-3-5-16(2)8-10/h6,10H,3-5,7-8H2,1-2H3,(H,15,17). The van der Waals surface area contributed by atoms with Gasteiger partial charge in [-0.3, -0.25) is 4.79 Å². The summed E-state index contributed by atoms with van der Waals surface area (Å²) in [4.78, 5) is 15.1. The summed E-state index contributed by atoms with van der Waals surface area (Å²) in [6.07, 6.45) is 2.46. The Morgan fingerprint density at radius 3 is 3.06 bits per heavy atom. The van der Waals surface area contributed by atoms with E-state index in [0.29, 0.717) is 5.92 Å². The molecule has 2 rings (SSSR count). The van der Waals surface area contributed by atoms with Crippen LogP contribution in [-0.2, 0) is 0 Å². The average Bonchev–Trinajstić information content (AvgIpc) is 2.67. The molecule has 0 aromatic carbocycles. The second kappa shape index (κ2) is 6.17. The highest BCUT2D eigenvalue weighted by atomic mass is 79.9. The van der Waals surface area contributed by atoms with Crippen molar-refractivity contribution in [1.29, 1.82) is 0 Å². The summed E-state index contributed by atoms with van der Waals surface area (Å²) in [5.74, 6) is 0.652. The number of likely N-dealkylation sites (tertiary alicyclic amines) is 1. The zero-order chi connectivity index (χ0) is 13.1. The zero-order valence-electron chi connectivity index (χ0n) is 10.8. The van der Waals surface area contributed by atoms with E-state index in [1.165, 1.54) is 30.7 Å². The van der Waals surface area contributed by atoms with E-state index in [4.69, 9.17) is 0 Å². The van der Waals surface area contributed by atoms with E-state index in [-0.39, 0.29) is 5.91 Å². The Hall–Kier alpha value is -0.390. The highest BCUT2D eigenvalue weighted by Crippen LogP contribution is 2.27. The third-order valence-corrected chi connectivity index (χ3v) is 5.49. The van der Waals surface area contributed by atoms with Gasteiger partial charge in [0.15, 0.2) is 0 Å². The maximum Gasteiger partial charge on any atom is 0.261 e. The van der Waals surface area contributed by atoms with Crippen LogP contribution in [0, 0.1) is 12.8 Å². The number of hydrogen-bond donors (Lipinski definition) is 1. The van der Waals surface area contributed by atoms with Crippen molar-refractivity contribution in [2.75, 3.05) is 26.7 Å². The summed E-state index contributed by atoms with van der Waals surface area (Å²) in [6, 6.07) is 1.94. The first-order valence-electron chi connectivity index (χ1n) is 6.29. The van der Waals surface area contributed by atoms with Crippen LogP contribution in [0.1, 0.15) is 28.1 Å². The van der Waals surface area contributed by atoms with Gasteiger partial charge in [0.1, 0.15) is 0 Å². The Morgan fingerprint density at radius 1 is 1.67 bits per heavy atom. The van der Waals surface area contributed by atoms with Gasteiger partial charge in [-0.1, -0.05) is 0 Å². The second-order valence-corrected chi connectivity index (χ2v) is 7.42. The quantitative estimate of drug-likeness (QED) is 0.924. The minimum Gasteiger partial charge on any atom is -0.351 e. The normalized spacial score (nSPS) is 20.9. The van der Waals surface area contributed by atoms with Crippen molar-refractivity contribution in [2.24, 2.45) is 5.92 Å². The number of nitrogens with zero attached hydrogens (tertiary/aromatic N) is 1. The van der Waals surface area contributed by atoms with Gasteiger partial charge in [0.25, 0.3) is 5.91 Å². The smallest absolute Gasteiger partial charge is 0.261 e. The van der Waals surface area contributed by atoms with Crippen molar-refractivity contribution in [1.82, 2.24) is 10.2 Å². The lowest BCUT2D eigenvalue weighted by atomic mass is 9.98. The van der Waals surface area contributed by atoms with E-state index in [0.717, 1.165) is 27.3 Å². The summed E-state index contributed by atoms with van der Waals surface area (Å²) in [6.45, 7) is 5.07. The average molecular weight is 331 g/mol. The van der Waals surface area contributed by atoms with Crippen molar-refractivity contribution >= 4 is 33.2 Å². The molecular formula is C13H19BrN2OS. The first-order chi connectivity index (χ1) is 8.56. The number of hydrogen-bond acceptors (Lipinski definition) is 3. The molecule has 1 N–H and O–H groups in total. The van der Waals surface area contributed by atoms with Crippen LogP contribution < -0.4 is 5.32 Å². The number of carbonyl (C=O) groups is 1. The van der Waals surface area contributed by atoms with Gasteiger partial charge in [0, 0.05) is 13.1 Å². The molecule has 0 saturated carbocycles. The van der Waals surface area contributed by atoms with Crippen molar-refractivity contribution in [3.63, 3.8) is 0 Å². The number of carbonyl (C=O) groups excluding carboxylic acids is 1. The summed E-state index contributed by atoms with van der Waals surface area (Å²) in [5, 5.41) is 3.05. The van der Waals surface area contributed by atoms with Crippen LogP contribution in [-0.4, -0.2) is 37.5 Å². The maximum absolute atomic E-state index is 12.0. The molecule has 1 aliphatic heterocycles.